The van der Waals surface area contributed by atoms with E-state index in [1.165, 1.54) is 39.0 Å². The molecule has 0 fully saturated rings. The van der Waals surface area contributed by atoms with Gasteiger partial charge in [0.2, 0.25) is 0 Å². The molecule has 12 heteroatoms. The summed E-state index contributed by atoms with van der Waals surface area (Å²) < 4.78 is 52.5. The molecule has 0 bridgehead atoms. The van der Waals surface area contributed by atoms with E-state index < -0.39 is 10.0 Å². The van der Waals surface area contributed by atoms with Crippen molar-refractivity contribution in [3.8, 4) is 17.2 Å². The van der Waals surface area contributed by atoms with Crippen molar-refractivity contribution in [3.05, 3.63) is 53.3 Å². The number of hydrogen-bond acceptors (Lipinski definition) is 9. The van der Waals surface area contributed by atoms with Crippen LogP contribution in [0.5, 0.6) is 17.2 Å². The number of hydrogen-bond donors (Lipinski definition) is 2. The predicted octanol–water partition coefficient (Wildman–Crippen LogP) is 2.50. The molecule has 4 aromatic rings. The molecule has 0 atom stereocenters. The molecule has 1 aliphatic rings. The quantitative estimate of drug-likeness (QED) is 0.387. The maximum atomic E-state index is 13.3. The fourth-order valence-corrected chi connectivity index (χ4v) is 5.43. The summed E-state index contributed by atoms with van der Waals surface area (Å²) in [4.78, 5) is -0.145. The molecule has 0 spiro atoms. The van der Waals surface area contributed by atoms with Crippen molar-refractivity contribution >= 4 is 26.8 Å². The molecule has 0 amide bonds. The fraction of sp³-hybridized carbons (Fsp3) is 0.273. The maximum absolute atomic E-state index is 13.3. The number of benzene rings is 2. The normalized spacial score (nSPS) is 13.1. The smallest absolute Gasteiger partial charge is 0.270 e. The van der Waals surface area contributed by atoms with E-state index in [2.05, 4.69) is 20.3 Å². The van der Waals surface area contributed by atoms with E-state index in [1.807, 2.05) is 16.9 Å². The van der Waals surface area contributed by atoms with E-state index in [-0.39, 0.29) is 22.2 Å². The van der Waals surface area contributed by atoms with Gasteiger partial charge in [0, 0.05) is 18.7 Å². The Hall–Kier alpha value is -3.77. The minimum absolute atomic E-state index is 0.00413. The maximum Gasteiger partial charge on any atom is 0.270 e. The second-order valence-electron chi connectivity index (χ2n) is 7.68. The minimum atomic E-state index is -4.14. The van der Waals surface area contributed by atoms with Crippen molar-refractivity contribution in [1.29, 1.82) is 0 Å². The summed E-state index contributed by atoms with van der Waals surface area (Å²) in [5.41, 5.74) is 3.56. The summed E-state index contributed by atoms with van der Waals surface area (Å²) in [6, 6.07) is 8.32. The largest absolute Gasteiger partial charge is 0.496 e. The molecule has 34 heavy (non-hydrogen) atoms. The van der Waals surface area contributed by atoms with E-state index in [1.54, 1.807) is 12.1 Å². The molecule has 1 aliphatic heterocycles. The molecule has 11 nitrogen and oxygen atoms in total. The first-order chi connectivity index (χ1) is 16.4. The summed E-state index contributed by atoms with van der Waals surface area (Å²) in [5.74, 6) is 0.682. The molecule has 0 unspecified atom stereocenters. The first kappa shape index (κ1) is 22.0. The van der Waals surface area contributed by atoms with Crippen molar-refractivity contribution in [3.63, 3.8) is 0 Å². The van der Waals surface area contributed by atoms with Crippen LogP contribution in [0.1, 0.15) is 16.8 Å². The van der Waals surface area contributed by atoms with Crippen molar-refractivity contribution < 1.29 is 27.2 Å². The van der Waals surface area contributed by atoms with Crippen LogP contribution in [0.4, 0.5) is 5.82 Å². The van der Waals surface area contributed by atoms with E-state index in [0.29, 0.717) is 23.3 Å². The summed E-state index contributed by atoms with van der Waals surface area (Å²) >= 11 is 0. The van der Waals surface area contributed by atoms with Crippen molar-refractivity contribution in [2.75, 3.05) is 26.1 Å². The van der Waals surface area contributed by atoms with Gasteiger partial charge < -0.3 is 24.1 Å². The molecular formula is C22H23N5O6S. The van der Waals surface area contributed by atoms with Gasteiger partial charge in [-0.1, -0.05) is 11.2 Å². The first-order valence-electron chi connectivity index (χ1n) is 10.4. The molecule has 0 radical (unpaired) electrons. The summed E-state index contributed by atoms with van der Waals surface area (Å²) in [7, 11) is 0.128. The predicted molar refractivity (Wildman–Crippen MR) is 123 cm³/mol. The summed E-state index contributed by atoms with van der Waals surface area (Å²) in [6.45, 7) is 2.07. The molecule has 178 valence electrons. The van der Waals surface area contributed by atoms with Crippen LogP contribution < -0.4 is 24.2 Å². The fourth-order valence-electron chi connectivity index (χ4n) is 4.10. The van der Waals surface area contributed by atoms with Crippen LogP contribution in [0.25, 0.3) is 11.0 Å². The van der Waals surface area contributed by atoms with Gasteiger partial charge >= 0.3 is 0 Å². The van der Waals surface area contributed by atoms with Gasteiger partial charge in [-0.2, -0.15) is 5.10 Å². The van der Waals surface area contributed by atoms with Gasteiger partial charge in [-0.15, -0.1) is 0 Å². The Labute approximate surface area is 195 Å². The Balaban J connectivity index is 1.52. The zero-order valence-corrected chi connectivity index (χ0v) is 19.6. The lowest BCUT2D eigenvalue weighted by Gasteiger charge is -2.14. The molecule has 0 aliphatic carbocycles. The lowest BCUT2D eigenvalue weighted by atomic mass is 10.1. The zero-order chi connectivity index (χ0) is 23.9. The third kappa shape index (κ3) is 3.70. The van der Waals surface area contributed by atoms with Crippen LogP contribution in [-0.4, -0.2) is 44.7 Å². The Bertz CT molecular complexity index is 1450. The lowest BCUT2D eigenvalue weighted by molar-refractivity contribution is 0.373. The van der Waals surface area contributed by atoms with Crippen LogP contribution in [0, 0.1) is 0 Å². The third-order valence-corrected chi connectivity index (χ3v) is 7.08. The molecule has 2 aromatic carbocycles. The van der Waals surface area contributed by atoms with Crippen LogP contribution in [0.2, 0.25) is 0 Å². The topological polar surface area (TPSA) is 130 Å². The second-order valence-corrected chi connectivity index (χ2v) is 9.30. The Morgan fingerprint density at radius 3 is 2.53 bits per heavy atom. The first-order valence-corrected chi connectivity index (χ1v) is 11.9. The van der Waals surface area contributed by atoms with Crippen LogP contribution in [0.15, 0.2) is 45.9 Å². The second kappa shape index (κ2) is 8.54. The number of rotatable bonds is 8. The van der Waals surface area contributed by atoms with Crippen molar-refractivity contribution in [2.24, 2.45) is 0 Å². The average Bonchev–Trinajstić information content (AvgIpc) is 3.55. The highest BCUT2D eigenvalue weighted by atomic mass is 32.2. The van der Waals surface area contributed by atoms with Gasteiger partial charge in [-0.3, -0.25) is 9.40 Å². The standard InChI is InChI=1S/C22H23N5O6S/c1-30-16-5-4-6-17(31-2)21(16)34(28,29)26-22-20-18(32-3)7-13(8-19(20)33-25-22)12-27-15-11-23-9-14(15)10-24-27/h4-8,10,23H,9,11-12H2,1-3H3,(H,25,26). The molecule has 5 rings (SSSR count). The number of nitrogens with zero attached hydrogens (tertiary/aromatic N) is 3. The molecule has 2 N–H and O–H groups in total. The van der Waals surface area contributed by atoms with Gasteiger partial charge in [0.15, 0.2) is 16.3 Å². The molecule has 0 saturated heterocycles. The lowest BCUT2D eigenvalue weighted by Crippen LogP contribution is -2.15. The van der Waals surface area contributed by atoms with Gasteiger partial charge in [-0.25, -0.2) is 8.42 Å². The van der Waals surface area contributed by atoms with Crippen LogP contribution in [0.3, 0.4) is 0 Å². The number of anilines is 1. The number of aromatic nitrogens is 3. The average molecular weight is 486 g/mol. The van der Waals surface area contributed by atoms with Gasteiger partial charge in [0.1, 0.15) is 22.6 Å². The van der Waals surface area contributed by atoms with Gasteiger partial charge in [-0.05, 0) is 29.8 Å². The highest BCUT2D eigenvalue weighted by molar-refractivity contribution is 7.93. The highest BCUT2D eigenvalue weighted by Gasteiger charge is 2.28. The Morgan fingerprint density at radius 1 is 1.09 bits per heavy atom. The van der Waals surface area contributed by atoms with Gasteiger partial charge in [0.25, 0.3) is 10.0 Å². The van der Waals surface area contributed by atoms with E-state index in [4.69, 9.17) is 18.7 Å². The molecular weight excluding hydrogens is 462 g/mol. The minimum Gasteiger partial charge on any atom is -0.496 e. The number of ether oxygens (including phenoxy) is 3. The molecule has 2 aromatic heterocycles. The number of methoxy groups -OCH3 is 3. The monoisotopic (exact) mass is 485 g/mol. The summed E-state index contributed by atoms with van der Waals surface area (Å²) in [5, 5.41) is 12.1. The molecule has 3 heterocycles. The molecule has 0 saturated carbocycles. The van der Waals surface area contributed by atoms with Crippen LogP contribution >= 0.6 is 0 Å². The van der Waals surface area contributed by atoms with E-state index >= 15 is 0 Å². The van der Waals surface area contributed by atoms with Gasteiger partial charge in [0.05, 0.1) is 39.8 Å². The SMILES string of the molecule is COc1cccc(OC)c1S(=O)(=O)Nc1noc2cc(Cn3ncc4c3CNC4)cc(OC)c12. The Morgan fingerprint density at radius 2 is 1.82 bits per heavy atom. The van der Waals surface area contributed by atoms with Crippen molar-refractivity contribution in [1.82, 2.24) is 20.3 Å². The third-order valence-electron chi connectivity index (χ3n) is 5.68. The number of fused-ring (bicyclic) bond motifs is 2. The van der Waals surface area contributed by atoms with E-state index in [0.717, 1.165) is 24.3 Å². The highest BCUT2D eigenvalue weighted by Crippen LogP contribution is 2.38. The van der Waals surface area contributed by atoms with Crippen molar-refractivity contribution in [2.45, 2.75) is 24.5 Å². The number of sulfonamides is 1. The zero-order valence-electron chi connectivity index (χ0n) is 18.8. The summed E-state index contributed by atoms with van der Waals surface area (Å²) in [6.07, 6.45) is 1.86. The van der Waals surface area contributed by atoms with Crippen LogP contribution in [-0.2, 0) is 29.7 Å². The number of nitrogens with one attached hydrogen (secondary N) is 2. The van der Waals surface area contributed by atoms with E-state index in [9.17, 15) is 8.42 Å². The Kier molecular flexibility index (Phi) is 5.54.